The van der Waals surface area contributed by atoms with Crippen molar-refractivity contribution in [3.05, 3.63) is 59.7 Å². The van der Waals surface area contributed by atoms with Crippen molar-refractivity contribution >= 4 is 11.9 Å². The van der Waals surface area contributed by atoms with Gasteiger partial charge in [-0.05, 0) is 34.9 Å². The van der Waals surface area contributed by atoms with Gasteiger partial charge in [-0.1, -0.05) is 30.3 Å². The van der Waals surface area contributed by atoms with E-state index in [-0.39, 0.29) is 5.97 Å². The summed E-state index contributed by atoms with van der Waals surface area (Å²) < 4.78 is 4.77. The summed E-state index contributed by atoms with van der Waals surface area (Å²) in [7, 11) is 4.94. The number of ether oxygens (including phenoxy) is 1. The summed E-state index contributed by atoms with van der Waals surface area (Å²) in [6.45, 7) is 0.665. The smallest absolute Gasteiger partial charge is 0.337 e. The average molecular weight is 311 g/mol. The summed E-state index contributed by atoms with van der Waals surface area (Å²) >= 11 is 0. The van der Waals surface area contributed by atoms with Crippen LogP contribution in [-0.2, 0) is 11.3 Å². The first-order valence-electron chi connectivity index (χ1n) is 7.34. The van der Waals surface area contributed by atoms with Crippen LogP contribution in [0.25, 0.3) is 11.1 Å². The summed E-state index contributed by atoms with van der Waals surface area (Å²) in [5.74, 6) is 0.408. The summed E-state index contributed by atoms with van der Waals surface area (Å²) in [5, 5.41) is 6.20. The Hall–Kier alpha value is -2.82. The Kier molecular flexibility index (Phi) is 5.74. The molecule has 0 bridgehead atoms. The molecule has 0 saturated carbocycles. The van der Waals surface area contributed by atoms with Crippen molar-refractivity contribution in [3.63, 3.8) is 0 Å². The van der Waals surface area contributed by atoms with Gasteiger partial charge >= 0.3 is 5.97 Å². The Labute approximate surface area is 136 Å². The molecule has 0 aliphatic heterocycles. The fourth-order valence-electron chi connectivity index (χ4n) is 2.27. The zero-order valence-corrected chi connectivity index (χ0v) is 13.6. The van der Waals surface area contributed by atoms with Crippen molar-refractivity contribution < 1.29 is 9.53 Å². The third kappa shape index (κ3) is 4.32. The second-order valence-corrected chi connectivity index (χ2v) is 4.95. The van der Waals surface area contributed by atoms with Crippen LogP contribution in [0.3, 0.4) is 0 Å². The lowest BCUT2D eigenvalue weighted by Gasteiger charge is -2.10. The lowest BCUT2D eigenvalue weighted by molar-refractivity contribution is 0.0601. The number of aliphatic imine (C=N–C) groups is 1. The van der Waals surface area contributed by atoms with Crippen LogP contribution in [0.5, 0.6) is 0 Å². The van der Waals surface area contributed by atoms with E-state index in [0.717, 1.165) is 22.6 Å². The van der Waals surface area contributed by atoms with E-state index in [1.807, 2.05) is 43.4 Å². The number of carbonyl (C=O) groups excluding carboxylic acids is 1. The maximum atomic E-state index is 11.7. The fourth-order valence-corrected chi connectivity index (χ4v) is 2.27. The SMILES string of the molecule is CN=C(NC)NCc1cccc(-c2cccc(C(=O)OC)c2)c1. The molecule has 0 atom stereocenters. The second kappa shape index (κ2) is 7.98. The van der Waals surface area contributed by atoms with Gasteiger partial charge in [0.05, 0.1) is 12.7 Å². The van der Waals surface area contributed by atoms with Crippen molar-refractivity contribution in [2.45, 2.75) is 6.54 Å². The Bertz CT molecular complexity index is 711. The quantitative estimate of drug-likeness (QED) is 0.517. The zero-order chi connectivity index (χ0) is 16.7. The highest BCUT2D eigenvalue weighted by atomic mass is 16.5. The van der Waals surface area contributed by atoms with Crippen LogP contribution in [0.15, 0.2) is 53.5 Å². The highest BCUT2D eigenvalue weighted by molar-refractivity contribution is 5.91. The predicted molar refractivity (Wildman–Crippen MR) is 92.5 cm³/mol. The van der Waals surface area contributed by atoms with Gasteiger partial charge in [0.2, 0.25) is 0 Å². The van der Waals surface area contributed by atoms with Crippen LogP contribution < -0.4 is 10.6 Å². The molecule has 0 spiro atoms. The summed E-state index contributed by atoms with van der Waals surface area (Å²) in [6.07, 6.45) is 0. The lowest BCUT2D eigenvalue weighted by Crippen LogP contribution is -2.34. The predicted octanol–water partition coefficient (Wildman–Crippen LogP) is 2.44. The topological polar surface area (TPSA) is 62.7 Å². The molecule has 120 valence electrons. The molecular weight excluding hydrogens is 290 g/mol. The molecule has 0 amide bonds. The minimum atomic E-state index is -0.331. The normalized spacial score (nSPS) is 11.0. The molecule has 5 nitrogen and oxygen atoms in total. The molecule has 0 heterocycles. The van der Waals surface area contributed by atoms with E-state index in [1.54, 1.807) is 13.1 Å². The molecule has 5 heteroatoms. The largest absolute Gasteiger partial charge is 0.465 e. The minimum absolute atomic E-state index is 0.331. The van der Waals surface area contributed by atoms with Crippen LogP contribution in [0.4, 0.5) is 0 Å². The Morgan fingerprint density at radius 3 is 2.48 bits per heavy atom. The molecule has 2 rings (SSSR count). The van der Waals surface area contributed by atoms with Crippen molar-refractivity contribution in [1.29, 1.82) is 0 Å². The number of carbonyl (C=O) groups is 1. The van der Waals surface area contributed by atoms with Crippen molar-refractivity contribution in [2.75, 3.05) is 21.2 Å². The van der Waals surface area contributed by atoms with Gasteiger partial charge in [0, 0.05) is 20.6 Å². The summed E-state index contributed by atoms with van der Waals surface area (Å²) in [6, 6.07) is 15.6. The van der Waals surface area contributed by atoms with Crippen LogP contribution in [0.2, 0.25) is 0 Å². The number of hydrogen-bond acceptors (Lipinski definition) is 3. The first kappa shape index (κ1) is 16.5. The van der Waals surface area contributed by atoms with E-state index < -0.39 is 0 Å². The van der Waals surface area contributed by atoms with Gasteiger partial charge in [-0.3, -0.25) is 4.99 Å². The molecule has 0 saturated heterocycles. The first-order valence-corrected chi connectivity index (χ1v) is 7.34. The number of guanidine groups is 1. The highest BCUT2D eigenvalue weighted by Crippen LogP contribution is 2.22. The van der Waals surface area contributed by atoms with E-state index in [2.05, 4.69) is 21.7 Å². The number of nitrogens with one attached hydrogen (secondary N) is 2. The first-order chi connectivity index (χ1) is 11.2. The standard InChI is InChI=1S/C18H21N3O2/c1-19-18(20-2)21-12-13-6-4-7-14(10-13)15-8-5-9-16(11-15)17(22)23-3/h4-11H,12H2,1-3H3,(H2,19,20,21). The maximum Gasteiger partial charge on any atom is 0.337 e. The third-order valence-electron chi connectivity index (χ3n) is 3.46. The molecule has 0 aliphatic carbocycles. The van der Waals surface area contributed by atoms with Gasteiger partial charge < -0.3 is 15.4 Å². The van der Waals surface area contributed by atoms with Gasteiger partial charge in [0.25, 0.3) is 0 Å². The fraction of sp³-hybridized carbons (Fsp3) is 0.222. The zero-order valence-electron chi connectivity index (χ0n) is 13.6. The molecule has 2 aromatic carbocycles. The molecule has 0 unspecified atom stereocenters. The van der Waals surface area contributed by atoms with E-state index in [1.165, 1.54) is 7.11 Å². The number of esters is 1. The van der Waals surface area contributed by atoms with Gasteiger partial charge in [0.15, 0.2) is 5.96 Å². The molecule has 0 aliphatic rings. The number of nitrogens with zero attached hydrogens (tertiary/aromatic N) is 1. The molecule has 2 N–H and O–H groups in total. The van der Waals surface area contributed by atoms with Crippen molar-refractivity contribution in [1.82, 2.24) is 10.6 Å². The number of methoxy groups -OCH3 is 1. The van der Waals surface area contributed by atoms with E-state index in [9.17, 15) is 4.79 Å². The number of benzene rings is 2. The van der Waals surface area contributed by atoms with Crippen molar-refractivity contribution in [3.8, 4) is 11.1 Å². The summed E-state index contributed by atoms with van der Waals surface area (Å²) in [5.41, 5.74) is 3.70. The van der Waals surface area contributed by atoms with Crippen LogP contribution in [0.1, 0.15) is 15.9 Å². The van der Waals surface area contributed by atoms with Gasteiger partial charge in [-0.25, -0.2) is 4.79 Å². The molecule has 2 aromatic rings. The Morgan fingerprint density at radius 2 is 1.83 bits per heavy atom. The average Bonchev–Trinajstić information content (AvgIpc) is 2.62. The minimum Gasteiger partial charge on any atom is -0.465 e. The molecule has 0 radical (unpaired) electrons. The monoisotopic (exact) mass is 311 g/mol. The van der Waals surface area contributed by atoms with Crippen molar-refractivity contribution in [2.24, 2.45) is 4.99 Å². The summed E-state index contributed by atoms with van der Waals surface area (Å²) in [4.78, 5) is 15.7. The number of hydrogen-bond donors (Lipinski definition) is 2. The van der Waals surface area contributed by atoms with E-state index >= 15 is 0 Å². The van der Waals surface area contributed by atoms with E-state index in [4.69, 9.17) is 4.74 Å². The van der Waals surface area contributed by atoms with Gasteiger partial charge in [0.1, 0.15) is 0 Å². The third-order valence-corrected chi connectivity index (χ3v) is 3.46. The molecular formula is C18H21N3O2. The molecule has 0 fully saturated rings. The number of rotatable bonds is 4. The maximum absolute atomic E-state index is 11.7. The second-order valence-electron chi connectivity index (χ2n) is 4.95. The molecule has 0 aromatic heterocycles. The molecule has 23 heavy (non-hydrogen) atoms. The van der Waals surface area contributed by atoms with Crippen LogP contribution in [-0.4, -0.2) is 33.1 Å². The van der Waals surface area contributed by atoms with Gasteiger partial charge in [-0.2, -0.15) is 0 Å². The van der Waals surface area contributed by atoms with Crippen LogP contribution in [0, 0.1) is 0 Å². The van der Waals surface area contributed by atoms with Gasteiger partial charge in [-0.15, -0.1) is 0 Å². The van der Waals surface area contributed by atoms with E-state index in [0.29, 0.717) is 12.1 Å². The van der Waals surface area contributed by atoms with Crippen LogP contribution >= 0.6 is 0 Å². The Morgan fingerprint density at radius 1 is 1.13 bits per heavy atom. The Balaban J connectivity index is 2.21. The highest BCUT2D eigenvalue weighted by Gasteiger charge is 2.07. The lowest BCUT2D eigenvalue weighted by atomic mass is 10.0.